The maximum Gasteiger partial charge on any atom is 0.173 e. The van der Waals surface area contributed by atoms with Gasteiger partial charge in [-0.1, -0.05) is 39.8 Å². The molecule has 2 aromatic rings. The summed E-state index contributed by atoms with van der Waals surface area (Å²) in [7, 11) is 0. The zero-order chi connectivity index (χ0) is 18.2. The molecule has 124 valence electrons. The minimum absolute atomic E-state index is 0.0536. The smallest absolute Gasteiger partial charge is 0.173 e. The van der Waals surface area contributed by atoms with Gasteiger partial charge in [0.05, 0.1) is 5.75 Å². The van der Waals surface area contributed by atoms with Crippen molar-refractivity contribution in [1.82, 2.24) is 0 Å². The highest BCUT2D eigenvalue weighted by atomic mass is 79.9. The summed E-state index contributed by atoms with van der Waals surface area (Å²) in [6.07, 6.45) is 0. The van der Waals surface area contributed by atoms with Crippen LogP contribution in [0.4, 0.5) is 10.1 Å². The number of anilines is 1. The number of thioether (sulfide) groups is 1. The number of benzene rings is 2. The third-order valence-corrected chi connectivity index (χ3v) is 4.60. The molecular weight excluding hydrogens is 405 g/mol. The number of Topliss-reactive ketones (excluding diaryl/α,β-unsaturated/α-hetero) is 1. The van der Waals surface area contributed by atoms with Crippen LogP contribution in [-0.2, 0) is 0 Å². The first-order valence-corrected chi connectivity index (χ1v) is 8.80. The van der Waals surface area contributed by atoms with E-state index < -0.39 is 5.82 Å². The van der Waals surface area contributed by atoms with Crippen molar-refractivity contribution in [2.75, 3.05) is 11.1 Å². The predicted octanol–water partition coefficient (Wildman–Crippen LogP) is 4.87. The second-order valence-electron chi connectivity index (χ2n) is 4.78. The largest absolute Gasteiger partial charge is 0.349 e. The monoisotopic (exact) mass is 415 g/mol. The summed E-state index contributed by atoms with van der Waals surface area (Å²) in [5, 5.41) is 21.3. The Kier molecular flexibility index (Phi) is 6.76. The summed E-state index contributed by atoms with van der Waals surface area (Å²) in [5.41, 5.74) is 0.910. The molecule has 0 fully saturated rings. The van der Waals surface area contributed by atoms with E-state index in [0.29, 0.717) is 11.3 Å². The van der Waals surface area contributed by atoms with Crippen LogP contribution >= 0.6 is 27.7 Å². The zero-order valence-electron chi connectivity index (χ0n) is 12.8. The minimum atomic E-state index is -0.394. The highest BCUT2D eigenvalue weighted by Gasteiger charge is 2.12. The van der Waals surface area contributed by atoms with E-state index in [9.17, 15) is 9.18 Å². The lowest BCUT2D eigenvalue weighted by atomic mass is 10.2. The van der Waals surface area contributed by atoms with E-state index in [1.165, 1.54) is 24.3 Å². The lowest BCUT2D eigenvalue weighted by molar-refractivity contribution is 0.102. The Balaban J connectivity index is 2.14. The summed E-state index contributed by atoms with van der Waals surface area (Å²) < 4.78 is 13.9. The van der Waals surface area contributed by atoms with Gasteiger partial charge in [0, 0.05) is 15.7 Å². The van der Waals surface area contributed by atoms with Crippen molar-refractivity contribution in [3.05, 3.63) is 75.0 Å². The van der Waals surface area contributed by atoms with Crippen LogP contribution in [0.15, 0.2) is 63.6 Å². The molecular formula is C18H11BrFN3OS. The molecule has 0 saturated carbocycles. The highest BCUT2D eigenvalue weighted by molar-refractivity contribution is 9.10. The Morgan fingerprint density at radius 1 is 1.08 bits per heavy atom. The lowest BCUT2D eigenvalue weighted by Gasteiger charge is -2.10. The number of nitrogens with one attached hydrogen (secondary N) is 1. The van der Waals surface area contributed by atoms with Crippen molar-refractivity contribution in [3.8, 4) is 12.1 Å². The van der Waals surface area contributed by atoms with Crippen LogP contribution in [0, 0.1) is 28.5 Å². The van der Waals surface area contributed by atoms with Gasteiger partial charge in [0.1, 0.15) is 23.0 Å². The van der Waals surface area contributed by atoms with Gasteiger partial charge in [-0.2, -0.15) is 10.5 Å². The number of halogens is 2. The number of carbonyl (C=O) groups excluding carboxylic acids is 1. The van der Waals surface area contributed by atoms with Gasteiger partial charge in [-0.05, 0) is 36.4 Å². The molecule has 0 atom stereocenters. The molecule has 7 heteroatoms. The molecule has 0 aliphatic heterocycles. The molecule has 0 saturated heterocycles. The van der Waals surface area contributed by atoms with E-state index in [0.717, 1.165) is 16.2 Å². The lowest BCUT2D eigenvalue weighted by Crippen LogP contribution is -2.06. The molecule has 0 radical (unpaired) electrons. The molecule has 0 amide bonds. The van der Waals surface area contributed by atoms with E-state index in [4.69, 9.17) is 10.5 Å². The maximum atomic E-state index is 13.0. The molecule has 25 heavy (non-hydrogen) atoms. The first-order valence-electron chi connectivity index (χ1n) is 7.02. The van der Waals surface area contributed by atoms with Crippen LogP contribution in [-0.4, -0.2) is 11.5 Å². The number of carbonyl (C=O) groups is 1. The molecule has 0 bridgehead atoms. The van der Waals surface area contributed by atoms with Crippen molar-refractivity contribution in [3.63, 3.8) is 0 Å². The van der Waals surface area contributed by atoms with Crippen molar-refractivity contribution in [2.24, 2.45) is 0 Å². The first kappa shape index (κ1) is 18.7. The molecule has 0 aliphatic rings. The van der Waals surface area contributed by atoms with Gasteiger partial charge in [0.15, 0.2) is 11.4 Å². The Morgan fingerprint density at radius 3 is 2.24 bits per heavy atom. The number of rotatable bonds is 6. The van der Waals surface area contributed by atoms with Gasteiger partial charge in [0.2, 0.25) is 0 Å². The summed E-state index contributed by atoms with van der Waals surface area (Å²) in [6.45, 7) is 0. The maximum absolute atomic E-state index is 13.0. The number of ketones is 1. The van der Waals surface area contributed by atoms with Crippen LogP contribution in [0.3, 0.4) is 0 Å². The molecule has 0 unspecified atom stereocenters. The van der Waals surface area contributed by atoms with Gasteiger partial charge in [-0.25, -0.2) is 4.39 Å². The average Bonchev–Trinajstić information content (AvgIpc) is 2.62. The van der Waals surface area contributed by atoms with Crippen LogP contribution in [0.1, 0.15) is 10.4 Å². The van der Waals surface area contributed by atoms with Gasteiger partial charge in [0.25, 0.3) is 0 Å². The van der Waals surface area contributed by atoms with Crippen LogP contribution in [0.2, 0.25) is 0 Å². The fourth-order valence-electron chi connectivity index (χ4n) is 1.82. The average molecular weight is 416 g/mol. The van der Waals surface area contributed by atoms with Gasteiger partial charge in [-0.15, -0.1) is 0 Å². The summed E-state index contributed by atoms with van der Waals surface area (Å²) in [4.78, 5) is 12.3. The Hall–Kier alpha value is -2.61. The topological polar surface area (TPSA) is 76.7 Å². The first-order chi connectivity index (χ1) is 12.0. The third kappa shape index (κ3) is 5.46. The van der Waals surface area contributed by atoms with Gasteiger partial charge in [-0.3, -0.25) is 4.79 Å². The van der Waals surface area contributed by atoms with Gasteiger partial charge < -0.3 is 5.32 Å². The second kappa shape index (κ2) is 9.03. The zero-order valence-corrected chi connectivity index (χ0v) is 15.2. The van der Waals surface area contributed by atoms with Gasteiger partial charge >= 0.3 is 0 Å². The highest BCUT2D eigenvalue weighted by Crippen LogP contribution is 2.24. The number of nitrogens with zero attached hydrogens (tertiary/aromatic N) is 2. The van der Waals surface area contributed by atoms with E-state index in [2.05, 4.69) is 21.2 Å². The fourth-order valence-corrected chi connectivity index (χ4v) is 2.95. The molecule has 0 aliphatic carbocycles. The second-order valence-corrected chi connectivity index (χ2v) is 6.68. The van der Waals surface area contributed by atoms with Crippen molar-refractivity contribution < 1.29 is 9.18 Å². The summed E-state index contributed by atoms with van der Waals surface area (Å²) in [6, 6.07) is 16.0. The van der Waals surface area contributed by atoms with E-state index in [1.54, 1.807) is 36.4 Å². The van der Waals surface area contributed by atoms with Crippen molar-refractivity contribution >= 4 is 39.2 Å². The number of allylic oxidation sites excluding steroid dienone is 1. The molecule has 0 spiro atoms. The Bertz CT molecular complexity index is 865. The standard InChI is InChI=1S/C18H11BrFN3OS/c19-14-3-1-12(2-4-14)17(24)11-25-18(13(9-21)10-22)23-16-7-5-15(20)6-8-16/h1-8,23H,11H2. The van der Waals surface area contributed by atoms with E-state index in [-0.39, 0.29) is 22.1 Å². The molecule has 0 aromatic heterocycles. The molecule has 2 rings (SSSR count). The SMILES string of the molecule is N#CC(C#N)=C(Nc1ccc(F)cc1)SCC(=O)c1ccc(Br)cc1. The summed E-state index contributed by atoms with van der Waals surface area (Å²) in [5.74, 6) is -0.473. The normalized spacial score (nSPS) is 9.60. The third-order valence-electron chi connectivity index (χ3n) is 3.07. The van der Waals surface area contributed by atoms with Crippen molar-refractivity contribution in [1.29, 1.82) is 10.5 Å². The van der Waals surface area contributed by atoms with E-state index >= 15 is 0 Å². The Labute approximate surface area is 157 Å². The molecule has 2 aromatic carbocycles. The van der Waals surface area contributed by atoms with Crippen molar-refractivity contribution in [2.45, 2.75) is 0 Å². The number of nitriles is 2. The number of hydrogen-bond acceptors (Lipinski definition) is 5. The fraction of sp³-hybridized carbons (Fsp3) is 0.0556. The minimum Gasteiger partial charge on any atom is -0.349 e. The van der Waals surface area contributed by atoms with Crippen LogP contribution in [0.5, 0.6) is 0 Å². The predicted molar refractivity (Wildman–Crippen MR) is 99.2 cm³/mol. The number of hydrogen-bond donors (Lipinski definition) is 1. The molecule has 4 nitrogen and oxygen atoms in total. The summed E-state index contributed by atoms with van der Waals surface area (Å²) >= 11 is 4.36. The van der Waals surface area contributed by atoms with Crippen LogP contribution in [0.25, 0.3) is 0 Å². The van der Waals surface area contributed by atoms with E-state index in [1.807, 2.05) is 0 Å². The van der Waals surface area contributed by atoms with Crippen LogP contribution < -0.4 is 5.32 Å². The molecule has 0 heterocycles. The molecule has 1 N–H and O–H groups in total. The Morgan fingerprint density at radius 2 is 1.68 bits per heavy atom. The quantitative estimate of drug-likeness (QED) is 0.537.